The molecule has 5 heterocycles. The summed E-state index contributed by atoms with van der Waals surface area (Å²) in [4.78, 5) is 25.0. The van der Waals surface area contributed by atoms with Crippen molar-refractivity contribution >= 4 is 28.0 Å². The number of fused-ring (bicyclic) bond motifs is 3. The summed E-state index contributed by atoms with van der Waals surface area (Å²) in [6.45, 7) is 5.52. The van der Waals surface area contributed by atoms with Gasteiger partial charge in [-0.3, -0.25) is 4.79 Å². The molecule has 34 heavy (non-hydrogen) atoms. The molecule has 0 unspecified atom stereocenters. The monoisotopic (exact) mass is 458 g/mol. The topological polar surface area (TPSA) is 77.2 Å². The number of ether oxygens (including phenoxy) is 1. The van der Waals surface area contributed by atoms with E-state index in [-0.39, 0.29) is 5.91 Å². The molecule has 4 aromatic rings. The lowest BCUT2D eigenvalue weighted by Crippen LogP contribution is -2.48. The molecule has 0 spiro atoms. The smallest absolute Gasteiger partial charge is 0.254 e. The summed E-state index contributed by atoms with van der Waals surface area (Å²) in [7, 11) is 3.65. The Balaban J connectivity index is 1.43. The zero-order chi connectivity index (χ0) is 23.4. The van der Waals surface area contributed by atoms with Gasteiger partial charge >= 0.3 is 0 Å². The highest BCUT2D eigenvalue weighted by Crippen LogP contribution is 2.34. The first kappa shape index (κ1) is 21.2. The first-order valence-corrected chi connectivity index (χ1v) is 12.1. The van der Waals surface area contributed by atoms with Crippen molar-refractivity contribution in [2.24, 2.45) is 13.0 Å². The quantitative estimate of drug-likeness (QED) is 0.507. The number of benzene rings is 1. The number of hydrogen-bond donors (Lipinski definition) is 1. The van der Waals surface area contributed by atoms with Gasteiger partial charge in [-0.05, 0) is 62.6 Å². The predicted octanol–water partition coefficient (Wildman–Crippen LogP) is 3.44. The van der Waals surface area contributed by atoms with Gasteiger partial charge in [0.1, 0.15) is 16.9 Å². The number of nitrogens with one attached hydrogen (secondary N) is 1. The van der Waals surface area contributed by atoms with Crippen molar-refractivity contribution in [3.8, 4) is 17.3 Å². The molecule has 176 valence electrons. The summed E-state index contributed by atoms with van der Waals surface area (Å²) in [5.41, 5.74) is 4.21. The molecule has 1 amide bonds. The zero-order valence-corrected chi connectivity index (χ0v) is 19.9. The fourth-order valence-electron chi connectivity index (χ4n) is 5.81. The Kier molecular flexibility index (Phi) is 5.06. The number of nitrogens with zero attached hydrogens (tertiary/aromatic N) is 5. The number of aromatic nitrogens is 4. The summed E-state index contributed by atoms with van der Waals surface area (Å²) in [6, 6.07) is 10.3. The summed E-state index contributed by atoms with van der Waals surface area (Å²) in [6.07, 6.45) is 4.09. The Labute approximate surface area is 198 Å². The van der Waals surface area contributed by atoms with Crippen molar-refractivity contribution in [1.29, 1.82) is 0 Å². The largest absolute Gasteiger partial charge is 0.494 e. The van der Waals surface area contributed by atoms with Gasteiger partial charge in [0, 0.05) is 49.9 Å². The number of pyridine rings is 1. The Morgan fingerprint density at radius 2 is 2.15 bits per heavy atom. The molecule has 0 saturated carbocycles. The lowest BCUT2D eigenvalue weighted by atomic mass is 9.92. The number of methoxy groups -OCH3 is 1. The highest BCUT2D eigenvalue weighted by atomic mass is 16.5. The van der Waals surface area contributed by atoms with Crippen LogP contribution in [0.4, 0.5) is 0 Å². The van der Waals surface area contributed by atoms with Crippen LogP contribution in [0, 0.1) is 5.92 Å². The van der Waals surface area contributed by atoms with Crippen LogP contribution in [0.3, 0.4) is 0 Å². The molecular formula is C26H30N6O2. The van der Waals surface area contributed by atoms with Crippen LogP contribution in [0.1, 0.15) is 30.1 Å². The third kappa shape index (κ3) is 3.20. The molecule has 0 radical (unpaired) electrons. The number of piperidine rings is 1. The second-order valence-electron chi connectivity index (χ2n) is 9.38. The maximum Gasteiger partial charge on any atom is 0.254 e. The van der Waals surface area contributed by atoms with Gasteiger partial charge in [-0.25, -0.2) is 9.97 Å². The van der Waals surface area contributed by atoms with E-state index in [2.05, 4.69) is 38.5 Å². The molecule has 0 aliphatic carbocycles. The second-order valence-corrected chi connectivity index (χ2v) is 9.38. The SMILES string of the molecule is CCn1c(-c2nc3cc(C(=O)N4CC[C@H]5CCN[C@@H]5C4)cc(OC)c3n2C)cc2cccnc21. The van der Waals surface area contributed by atoms with E-state index in [1.165, 1.54) is 6.42 Å². The summed E-state index contributed by atoms with van der Waals surface area (Å²) in [5.74, 6) is 2.23. The van der Waals surface area contributed by atoms with Gasteiger partial charge in [0.2, 0.25) is 0 Å². The minimum Gasteiger partial charge on any atom is -0.494 e. The molecule has 1 aromatic carbocycles. The first-order chi connectivity index (χ1) is 16.6. The van der Waals surface area contributed by atoms with Crippen LogP contribution in [0.15, 0.2) is 36.5 Å². The van der Waals surface area contributed by atoms with Crippen LogP contribution in [-0.2, 0) is 13.6 Å². The van der Waals surface area contributed by atoms with Gasteiger partial charge in [0.25, 0.3) is 5.91 Å². The number of rotatable bonds is 4. The van der Waals surface area contributed by atoms with Crippen LogP contribution < -0.4 is 10.1 Å². The van der Waals surface area contributed by atoms with Crippen LogP contribution in [0.25, 0.3) is 33.6 Å². The van der Waals surface area contributed by atoms with Crippen LogP contribution >= 0.6 is 0 Å². The van der Waals surface area contributed by atoms with Crippen LogP contribution in [-0.4, -0.2) is 62.7 Å². The molecule has 2 aliphatic rings. The van der Waals surface area contributed by atoms with E-state index in [0.29, 0.717) is 23.3 Å². The van der Waals surface area contributed by atoms with Gasteiger partial charge < -0.3 is 24.1 Å². The average molecular weight is 459 g/mol. The summed E-state index contributed by atoms with van der Waals surface area (Å²) < 4.78 is 9.98. The van der Waals surface area contributed by atoms with Gasteiger partial charge in [-0.1, -0.05) is 0 Å². The molecular weight excluding hydrogens is 428 g/mol. The van der Waals surface area contributed by atoms with Crippen molar-refractivity contribution in [2.75, 3.05) is 26.7 Å². The number of hydrogen-bond acceptors (Lipinski definition) is 5. The average Bonchev–Trinajstić information content (AvgIpc) is 3.57. The third-order valence-corrected chi connectivity index (χ3v) is 7.57. The minimum absolute atomic E-state index is 0.0476. The Morgan fingerprint density at radius 1 is 1.26 bits per heavy atom. The Morgan fingerprint density at radius 3 is 2.97 bits per heavy atom. The second kappa shape index (κ2) is 8.13. The molecule has 2 fully saturated rings. The Bertz CT molecular complexity index is 1400. The summed E-state index contributed by atoms with van der Waals surface area (Å²) in [5, 5.41) is 4.64. The Hall–Kier alpha value is -3.39. The standard InChI is InChI=1S/C26H30N6O2/c1-4-32-21(13-17-6-5-9-28-24(17)32)25-29-19-12-18(14-22(34-3)23(19)30(25)2)26(33)31-11-8-16-7-10-27-20(16)15-31/h5-6,9,12-14,16,20,27H,4,7-8,10-11,15H2,1-3H3/t16-,20-/m1/s1. The van der Waals surface area contributed by atoms with Crippen molar-refractivity contribution in [3.63, 3.8) is 0 Å². The fraction of sp³-hybridized carbons (Fsp3) is 0.423. The van der Waals surface area contributed by atoms with E-state index < -0.39 is 0 Å². The molecule has 1 N–H and O–H groups in total. The van der Waals surface area contributed by atoms with E-state index in [0.717, 1.165) is 66.2 Å². The normalized spacial score (nSPS) is 20.3. The van der Waals surface area contributed by atoms with E-state index in [1.54, 1.807) is 7.11 Å². The molecule has 8 heteroatoms. The van der Waals surface area contributed by atoms with E-state index >= 15 is 0 Å². The minimum atomic E-state index is 0.0476. The molecule has 8 nitrogen and oxygen atoms in total. The zero-order valence-electron chi connectivity index (χ0n) is 19.9. The van der Waals surface area contributed by atoms with Gasteiger partial charge in [-0.2, -0.15) is 0 Å². The van der Waals surface area contributed by atoms with Crippen LogP contribution in [0.2, 0.25) is 0 Å². The van der Waals surface area contributed by atoms with E-state index in [9.17, 15) is 4.79 Å². The fourth-order valence-corrected chi connectivity index (χ4v) is 5.81. The molecule has 0 bridgehead atoms. The molecule has 2 saturated heterocycles. The number of carbonyl (C=O) groups excluding carboxylic acids is 1. The lowest BCUT2D eigenvalue weighted by molar-refractivity contribution is 0.0669. The number of likely N-dealkylation sites (tertiary alicyclic amines) is 1. The molecule has 6 rings (SSSR count). The van der Waals surface area contributed by atoms with Crippen molar-refractivity contribution in [1.82, 2.24) is 29.3 Å². The summed E-state index contributed by atoms with van der Waals surface area (Å²) >= 11 is 0. The van der Waals surface area contributed by atoms with E-state index in [1.807, 2.05) is 36.3 Å². The number of imidazole rings is 1. The maximum atomic E-state index is 13.5. The van der Waals surface area contributed by atoms with Crippen molar-refractivity contribution in [2.45, 2.75) is 32.4 Å². The number of carbonyl (C=O) groups is 1. The lowest BCUT2D eigenvalue weighted by Gasteiger charge is -2.35. The highest BCUT2D eigenvalue weighted by Gasteiger charge is 2.35. The van der Waals surface area contributed by atoms with Crippen molar-refractivity contribution in [3.05, 3.63) is 42.1 Å². The molecule has 3 aromatic heterocycles. The molecule has 2 aliphatic heterocycles. The maximum absolute atomic E-state index is 13.5. The predicted molar refractivity (Wildman–Crippen MR) is 132 cm³/mol. The van der Waals surface area contributed by atoms with Gasteiger partial charge in [0.05, 0.1) is 18.3 Å². The third-order valence-electron chi connectivity index (χ3n) is 7.57. The highest BCUT2D eigenvalue weighted by molar-refractivity contribution is 6.00. The number of aryl methyl sites for hydroxylation is 2. The van der Waals surface area contributed by atoms with E-state index in [4.69, 9.17) is 9.72 Å². The van der Waals surface area contributed by atoms with Gasteiger partial charge in [-0.15, -0.1) is 0 Å². The molecule has 2 atom stereocenters. The van der Waals surface area contributed by atoms with Crippen LogP contribution in [0.5, 0.6) is 5.75 Å². The van der Waals surface area contributed by atoms with Crippen molar-refractivity contribution < 1.29 is 9.53 Å². The first-order valence-electron chi connectivity index (χ1n) is 12.1. The van der Waals surface area contributed by atoms with Gasteiger partial charge in [0.15, 0.2) is 5.82 Å². The number of amides is 1.